The first-order valence-corrected chi connectivity index (χ1v) is 7.09. The topological polar surface area (TPSA) is 42.2 Å². The zero-order valence-electron chi connectivity index (χ0n) is 11.3. The number of nitriles is 1. The third kappa shape index (κ3) is 2.06. The first kappa shape index (κ1) is 12.3. The molecule has 3 nitrogen and oxygen atoms in total. The maximum atomic E-state index is 9.56. The van der Waals surface area contributed by atoms with E-state index in [1.54, 1.807) is 0 Å². The summed E-state index contributed by atoms with van der Waals surface area (Å²) in [6.45, 7) is 3.40. The Balaban J connectivity index is 1.84. The summed E-state index contributed by atoms with van der Waals surface area (Å²) in [5.41, 5.74) is 0.793. The van der Waals surface area contributed by atoms with Crippen molar-refractivity contribution in [3.63, 3.8) is 0 Å². The fourth-order valence-corrected chi connectivity index (χ4v) is 3.27. The number of rotatable bonds is 3. The molecular weight excluding hydrogens is 238 g/mol. The smallest absolute Gasteiger partial charge is 0.161 e. The summed E-state index contributed by atoms with van der Waals surface area (Å²) in [7, 11) is 0. The number of fused-ring (bicyclic) bond motifs is 1. The maximum Gasteiger partial charge on any atom is 0.161 e. The molecule has 0 aromatic heterocycles. The van der Waals surface area contributed by atoms with Crippen LogP contribution < -0.4 is 9.47 Å². The fourth-order valence-electron chi connectivity index (χ4n) is 3.27. The molecule has 0 unspecified atom stereocenters. The molecular formula is C16H19NO2. The molecule has 100 valence electrons. The van der Waals surface area contributed by atoms with Crippen molar-refractivity contribution in [2.45, 2.75) is 38.0 Å². The lowest BCUT2D eigenvalue weighted by molar-refractivity contribution is 0.166. The minimum absolute atomic E-state index is 0.296. The Morgan fingerprint density at radius 1 is 1.26 bits per heavy atom. The van der Waals surface area contributed by atoms with Gasteiger partial charge in [0, 0.05) is 0 Å². The van der Waals surface area contributed by atoms with Crippen molar-refractivity contribution >= 4 is 0 Å². The first-order chi connectivity index (χ1) is 9.27. The minimum atomic E-state index is -0.296. The number of ether oxygens (including phenoxy) is 2. The van der Waals surface area contributed by atoms with Crippen LogP contribution in [0.3, 0.4) is 0 Å². The van der Waals surface area contributed by atoms with Gasteiger partial charge in [0.15, 0.2) is 11.5 Å². The van der Waals surface area contributed by atoms with Crippen molar-refractivity contribution in [3.05, 3.63) is 23.8 Å². The van der Waals surface area contributed by atoms with Crippen LogP contribution in [0.15, 0.2) is 18.2 Å². The van der Waals surface area contributed by atoms with E-state index in [2.05, 4.69) is 13.0 Å². The van der Waals surface area contributed by atoms with Gasteiger partial charge in [0.2, 0.25) is 0 Å². The van der Waals surface area contributed by atoms with Gasteiger partial charge in [0.05, 0.1) is 11.5 Å². The number of benzene rings is 1. The Morgan fingerprint density at radius 2 is 2.00 bits per heavy atom. The van der Waals surface area contributed by atoms with Gasteiger partial charge in [-0.25, -0.2) is 0 Å². The quantitative estimate of drug-likeness (QED) is 0.833. The molecule has 2 aliphatic rings. The Kier molecular flexibility index (Phi) is 3.10. The Bertz CT molecular complexity index is 512. The first-order valence-electron chi connectivity index (χ1n) is 7.09. The van der Waals surface area contributed by atoms with Gasteiger partial charge >= 0.3 is 0 Å². The normalized spacial score (nSPS) is 28.3. The summed E-state index contributed by atoms with van der Waals surface area (Å²) in [6, 6.07) is 8.50. The molecule has 0 amide bonds. The van der Waals surface area contributed by atoms with E-state index in [-0.39, 0.29) is 5.41 Å². The van der Waals surface area contributed by atoms with Crippen LogP contribution in [0.1, 0.15) is 38.2 Å². The van der Waals surface area contributed by atoms with E-state index in [1.807, 2.05) is 18.2 Å². The average Bonchev–Trinajstić information content (AvgIpc) is 2.42. The summed E-state index contributed by atoms with van der Waals surface area (Å²) in [4.78, 5) is 0. The van der Waals surface area contributed by atoms with Crippen LogP contribution in [0.2, 0.25) is 0 Å². The molecule has 1 aliphatic carbocycles. The van der Waals surface area contributed by atoms with Crippen LogP contribution in [0.5, 0.6) is 11.5 Å². The molecule has 3 rings (SSSR count). The van der Waals surface area contributed by atoms with Gasteiger partial charge in [0.25, 0.3) is 0 Å². The molecule has 0 spiro atoms. The second-order valence-electron chi connectivity index (χ2n) is 5.62. The molecule has 19 heavy (non-hydrogen) atoms. The van der Waals surface area contributed by atoms with Gasteiger partial charge in [-0.15, -0.1) is 0 Å². The summed E-state index contributed by atoms with van der Waals surface area (Å²) in [6.07, 6.45) is 4.40. The highest BCUT2D eigenvalue weighted by Crippen LogP contribution is 2.50. The van der Waals surface area contributed by atoms with E-state index in [0.717, 1.165) is 29.9 Å². The summed E-state index contributed by atoms with van der Waals surface area (Å²) < 4.78 is 11.1. The van der Waals surface area contributed by atoms with E-state index in [4.69, 9.17) is 9.47 Å². The van der Waals surface area contributed by atoms with Gasteiger partial charge in [0.1, 0.15) is 13.2 Å². The number of nitrogens with zero attached hydrogens (tertiary/aromatic N) is 1. The lowest BCUT2D eigenvalue weighted by atomic mass is 9.58. The fraction of sp³-hybridized carbons (Fsp3) is 0.562. The predicted molar refractivity (Wildman–Crippen MR) is 72.4 cm³/mol. The molecule has 1 saturated carbocycles. The van der Waals surface area contributed by atoms with E-state index in [9.17, 15) is 5.26 Å². The number of hydrogen-bond donors (Lipinski definition) is 0. The second kappa shape index (κ2) is 4.77. The molecule has 1 fully saturated rings. The maximum absolute atomic E-state index is 9.56. The van der Waals surface area contributed by atoms with Crippen LogP contribution in [0, 0.1) is 17.2 Å². The van der Waals surface area contributed by atoms with Crippen molar-refractivity contribution in [3.8, 4) is 17.6 Å². The lowest BCUT2D eigenvalue weighted by Crippen LogP contribution is -2.40. The van der Waals surface area contributed by atoms with Crippen molar-refractivity contribution < 1.29 is 9.47 Å². The third-order valence-electron chi connectivity index (χ3n) is 4.28. The predicted octanol–water partition coefficient (Wildman–Crippen LogP) is 3.43. The van der Waals surface area contributed by atoms with Crippen molar-refractivity contribution in [2.24, 2.45) is 5.92 Å². The minimum Gasteiger partial charge on any atom is -0.486 e. The highest BCUT2D eigenvalue weighted by Gasteiger charge is 2.45. The summed E-state index contributed by atoms with van der Waals surface area (Å²) >= 11 is 0. The molecule has 0 radical (unpaired) electrons. The van der Waals surface area contributed by atoms with Crippen LogP contribution in [0.4, 0.5) is 0 Å². The van der Waals surface area contributed by atoms with Crippen molar-refractivity contribution in [1.29, 1.82) is 5.26 Å². The van der Waals surface area contributed by atoms with E-state index >= 15 is 0 Å². The Labute approximate surface area is 114 Å². The van der Waals surface area contributed by atoms with E-state index in [0.29, 0.717) is 19.1 Å². The monoisotopic (exact) mass is 257 g/mol. The van der Waals surface area contributed by atoms with E-state index < -0.39 is 0 Å². The highest BCUT2D eigenvalue weighted by molar-refractivity contribution is 5.48. The van der Waals surface area contributed by atoms with Crippen molar-refractivity contribution in [1.82, 2.24) is 0 Å². The van der Waals surface area contributed by atoms with Gasteiger partial charge < -0.3 is 9.47 Å². The average molecular weight is 257 g/mol. The molecule has 1 aliphatic heterocycles. The van der Waals surface area contributed by atoms with Gasteiger partial charge in [-0.2, -0.15) is 5.26 Å². The molecule has 1 aromatic rings. The molecule has 0 saturated heterocycles. The second-order valence-corrected chi connectivity index (χ2v) is 5.62. The zero-order valence-corrected chi connectivity index (χ0v) is 11.3. The lowest BCUT2D eigenvalue weighted by Gasteiger charge is -2.43. The summed E-state index contributed by atoms with van der Waals surface area (Å²) in [5.74, 6) is 2.29. The molecule has 1 heterocycles. The highest BCUT2D eigenvalue weighted by atomic mass is 16.6. The van der Waals surface area contributed by atoms with Crippen LogP contribution in [-0.4, -0.2) is 13.2 Å². The van der Waals surface area contributed by atoms with E-state index in [1.165, 1.54) is 12.8 Å². The third-order valence-corrected chi connectivity index (χ3v) is 4.28. The van der Waals surface area contributed by atoms with Gasteiger partial charge in [-0.05, 0) is 36.5 Å². The van der Waals surface area contributed by atoms with Gasteiger partial charge in [-0.3, -0.25) is 0 Å². The molecule has 0 bridgehead atoms. The Morgan fingerprint density at radius 3 is 2.68 bits per heavy atom. The number of hydrogen-bond acceptors (Lipinski definition) is 3. The summed E-state index contributed by atoms with van der Waals surface area (Å²) in [5, 5.41) is 9.56. The van der Waals surface area contributed by atoms with Crippen LogP contribution in [-0.2, 0) is 5.41 Å². The Hall–Kier alpha value is -1.69. The molecule has 0 N–H and O–H groups in total. The molecule has 0 atom stereocenters. The van der Waals surface area contributed by atoms with Crippen LogP contribution >= 0.6 is 0 Å². The zero-order chi connectivity index (χ0) is 13.3. The van der Waals surface area contributed by atoms with Crippen molar-refractivity contribution in [2.75, 3.05) is 13.2 Å². The van der Waals surface area contributed by atoms with Crippen LogP contribution in [0.25, 0.3) is 0 Å². The largest absolute Gasteiger partial charge is 0.486 e. The van der Waals surface area contributed by atoms with Gasteiger partial charge in [-0.1, -0.05) is 25.8 Å². The SMILES string of the molecule is CCCC1CC(C#N)(c2ccc3c(c2)OCCO3)C1. The standard InChI is InChI=1S/C16H19NO2/c1-2-3-12-9-16(10-12,11-17)13-4-5-14-15(8-13)19-7-6-18-14/h4-5,8,12H,2-3,6-7,9-10H2,1H3. The molecule has 3 heteroatoms. The molecule has 1 aromatic carbocycles.